The van der Waals surface area contributed by atoms with E-state index < -0.39 is 29.4 Å². The Bertz CT molecular complexity index is 358. The van der Waals surface area contributed by atoms with Crippen LogP contribution in [-0.2, 0) is 14.3 Å². The van der Waals surface area contributed by atoms with Crippen LogP contribution in [0.25, 0.3) is 0 Å². The molecule has 0 radical (unpaired) electrons. The largest absolute Gasteiger partial charge is 0.478 e. The molecule has 0 saturated carbocycles. The van der Waals surface area contributed by atoms with Crippen molar-refractivity contribution in [2.24, 2.45) is 0 Å². The van der Waals surface area contributed by atoms with Crippen molar-refractivity contribution in [3.8, 4) is 0 Å². The highest BCUT2D eigenvalue weighted by atomic mass is 16.5. The average Bonchev–Trinajstić information content (AvgIpc) is 2.21. The van der Waals surface area contributed by atoms with Gasteiger partial charge in [-0.3, -0.25) is 0 Å². The first kappa shape index (κ1) is 12.3. The molecule has 0 amide bonds. The second-order valence-electron chi connectivity index (χ2n) is 3.49. The van der Waals surface area contributed by atoms with E-state index in [1.54, 1.807) is 0 Å². The van der Waals surface area contributed by atoms with Gasteiger partial charge in [-0.05, 0) is 19.1 Å². The van der Waals surface area contributed by atoms with Crippen LogP contribution in [0.1, 0.15) is 12.8 Å². The molecular weight excluding hydrogens is 216 g/mol. The van der Waals surface area contributed by atoms with Crippen molar-refractivity contribution in [2.75, 3.05) is 0 Å². The standard InChI is InChI=1S/C10H12O6/c1-6(8(12)13)16-10(9(14)15)4-2-7(11)3-5-10/h2,4,7,11H,1,3,5H2,(H,12,13)(H,14,15). The van der Waals surface area contributed by atoms with Crippen LogP contribution in [0, 0.1) is 0 Å². The van der Waals surface area contributed by atoms with Crippen molar-refractivity contribution in [3.05, 3.63) is 24.5 Å². The van der Waals surface area contributed by atoms with Crippen LogP contribution in [0.5, 0.6) is 0 Å². The number of aliphatic hydroxyl groups excluding tert-OH is 1. The van der Waals surface area contributed by atoms with Crippen LogP contribution < -0.4 is 0 Å². The summed E-state index contributed by atoms with van der Waals surface area (Å²) in [5, 5.41) is 26.8. The van der Waals surface area contributed by atoms with Crippen LogP contribution in [-0.4, -0.2) is 39.0 Å². The molecule has 0 bridgehead atoms. The number of rotatable bonds is 4. The molecule has 0 aromatic heterocycles. The Hall–Kier alpha value is -1.82. The van der Waals surface area contributed by atoms with Crippen LogP contribution >= 0.6 is 0 Å². The summed E-state index contributed by atoms with van der Waals surface area (Å²) in [5.41, 5.74) is -1.74. The number of hydrogen-bond acceptors (Lipinski definition) is 4. The molecule has 88 valence electrons. The summed E-state index contributed by atoms with van der Waals surface area (Å²) in [7, 11) is 0. The average molecular weight is 228 g/mol. The fraction of sp³-hybridized carbons (Fsp3) is 0.400. The van der Waals surface area contributed by atoms with Crippen molar-refractivity contribution in [1.82, 2.24) is 0 Å². The van der Waals surface area contributed by atoms with Gasteiger partial charge in [-0.2, -0.15) is 0 Å². The minimum Gasteiger partial charge on any atom is -0.478 e. The van der Waals surface area contributed by atoms with Crippen molar-refractivity contribution in [3.63, 3.8) is 0 Å². The molecule has 6 heteroatoms. The van der Waals surface area contributed by atoms with E-state index in [1.165, 1.54) is 6.08 Å². The molecule has 1 aliphatic rings. The van der Waals surface area contributed by atoms with Gasteiger partial charge in [0.1, 0.15) is 0 Å². The smallest absolute Gasteiger partial charge is 0.370 e. The number of aliphatic hydroxyl groups is 1. The Balaban J connectivity index is 2.91. The Kier molecular flexibility index (Phi) is 3.34. The second kappa shape index (κ2) is 4.36. The van der Waals surface area contributed by atoms with Crippen molar-refractivity contribution in [1.29, 1.82) is 0 Å². The lowest BCUT2D eigenvalue weighted by Gasteiger charge is -2.30. The third-order valence-corrected chi connectivity index (χ3v) is 2.30. The number of carboxylic acids is 2. The maximum Gasteiger partial charge on any atom is 0.370 e. The Morgan fingerprint density at radius 2 is 2.06 bits per heavy atom. The summed E-state index contributed by atoms with van der Waals surface area (Å²) in [4.78, 5) is 21.6. The van der Waals surface area contributed by atoms with Gasteiger partial charge < -0.3 is 20.1 Å². The van der Waals surface area contributed by atoms with Gasteiger partial charge in [-0.15, -0.1) is 0 Å². The van der Waals surface area contributed by atoms with E-state index in [4.69, 9.17) is 14.9 Å². The van der Waals surface area contributed by atoms with E-state index in [1.807, 2.05) is 0 Å². The number of ether oxygens (including phenoxy) is 1. The first-order valence-corrected chi connectivity index (χ1v) is 4.59. The van der Waals surface area contributed by atoms with Gasteiger partial charge in [0.25, 0.3) is 0 Å². The monoisotopic (exact) mass is 228 g/mol. The van der Waals surface area contributed by atoms with Crippen LogP contribution in [0.2, 0.25) is 0 Å². The molecule has 0 fully saturated rings. The predicted octanol–water partition coefficient (Wildman–Crippen LogP) is 0.136. The summed E-state index contributed by atoms with van der Waals surface area (Å²) in [6.07, 6.45) is 1.88. The van der Waals surface area contributed by atoms with Crippen molar-refractivity contribution >= 4 is 11.9 Å². The molecule has 0 aliphatic heterocycles. The molecule has 16 heavy (non-hydrogen) atoms. The Morgan fingerprint density at radius 1 is 1.44 bits per heavy atom. The van der Waals surface area contributed by atoms with Crippen LogP contribution in [0.3, 0.4) is 0 Å². The van der Waals surface area contributed by atoms with E-state index in [0.29, 0.717) is 0 Å². The summed E-state index contributed by atoms with van der Waals surface area (Å²) in [6.45, 7) is 3.11. The summed E-state index contributed by atoms with van der Waals surface area (Å²) in [5.74, 6) is -3.36. The van der Waals surface area contributed by atoms with E-state index in [2.05, 4.69) is 6.58 Å². The molecule has 0 heterocycles. The molecule has 1 rings (SSSR count). The quantitative estimate of drug-likeness (QED) is 0.359. The van der Waals surface area contributed by atoms with Gasteiger partial charge in [0, 0.05) is 6.42 Å². The topological polar surface area (TPSA) is 104 Å². The molecule has 1 aliphatic carbocycles. The minimum absolute atomic E-state index is 0.00764. The van der Waals surface area contributed by atoms with Crippen LogP contribution in [0.4, 0.5) is 0 Å². The van der Waals surface area contributed by atoms with Gasteiger partial charge in [-0.1, -0.05) is 6.08 Å². The molecular formula is C10H12O6. The fourth-order valence-corrected chi connectivity index (χ4v) is 1.38. The minimum atomic E-state index is -1.74. The number of carbonyl (C=O) groups is 2. The van der Waals surface area contributed by atoms with Crippen molar-refractivity contribution in [2.45, 2.75) is 24.5 Å². The van der Waals surface area contributed by atoms with E-state index in [9.17, 15) is 14.7 Å². The maximum atomic E-state index is 11.0. The molecule has 0 saturated heterocycles. The number of carboxylic acid groups (broad SMARTS) is 2. The number of aliphatic carboxylic acids is 2. The maximum absolute atomic E-state index is 11.0. The molecule has 3 N–H and O–H groups in total. The lowest BCUT2D eigenvalue weighted by Crippen LogP contribution is -2.43. The van der Waals surface area contributed by atoms with Gasteiger partial charge in [-0.25, -0.2) is 9.59 Å². The lowest BCUT2D eigenvalue weighted by atomic mass is 9.89. The van der Waals surface area contributed by atoms with E-state index in [0.717, 1.165) is 6.08 Å². The lowest BCUT2D eigenvalue weighted by molar-refractivity contribution is -0.160. The van der Waals surface area contributed by atoms with Crippen molar-refractivity contribution < 1.29 is 29.6 Å². The molecule has 2 atom stereocenters. The molecule has 2 unspecified atom stereocenters. The van der Waals surface area contributed by atoms with E-state index >= 15 is 0 Å². The molecule has 6 nitrogen and oxygen atoms in total. The first-order chi connectivity index (χ1) is 7.37. The summed E-state index contributed by atoms with van der Waals surface area (Å²) >= 11 is 0. The third-order valence-electron chi connectivity index (χ3n) is 2.30. The van der Waals surface area contributed by atoms with Gasteiger partial charge >= 0.3 is 11.9 Å². The molecule has 0 spiro atoms. The second-order valence-corrected chi connectivity index (χ2v) is 3.49. The molecule has 0 aromatic rings. The number of hydrogen-bond donors (Lipinski definition) is 3. The first-order valence-electron chi connectivity index (χ1n) is 4.59. The zero-order chi connectivity index (χ0) is 12.3. The SMILES string of the molecule is C=C(OC1(C(=O)O)C=CC(O)CC1)C(=O)O. The third kappa shape index (κ3) is 2.40. The summed E-state index contributed by atoms with van der Waals surface area (Å²) < 4.78 is 4.86. The fourth-order valence-electron chi connectivity index (χ4n) is 1.38. The Morgan fingerprint density at radius 3 is 2.44 bits per heavy atom. The van der Waals surface area contributed by atoms with E-state index in [-0.39, 0.29) is 12.8 Å². The molecule has 0 aromatic carbocycles. The van der Waals surface area contributed by atoms with Gasteiger partial charge in [0.05, 0.1) is 6.10 Å². The highest BCUT2D eigenvalue weighted by Gasteiger charge is 2.42. The highest BCUT2D eigenvalue weighted by molar-refractivity contribution is 5.86. The normalized spacial score (nSPS) is 28.4. The zero-order valence-electron chi connectivity index (χ0n) is 8.42. The van der Waals surface area contributed by atoms with Crippen LogP contribution in [0.15, 0.2) is 24.5 Å². The van der Waals surface area contributed by atoms with Gasteiger partial charge in [0.15, 0.2) is 5.76 Å². The predicted molar refractivity (Wildman–Crippen MR) is 52.6 cm³/mol. The zero-order valence-corrected chi connectivity index (χ0v) is 8.42. The highest BCUT2D eigenvalue weighted by Crippen LogP contribution is 2.28. The Labute approximate surface area is 91.5 Å². The van der Waals surface area contributed by atoms with Gasteiger partial charge in [0.2, 0.25) is 5.60 Å². The summed E-state index contributed by atoms with van der Waals surface area (Å²) in [6, 6.07) is 0.